The van der Waals surface area contributed by atoms with E-state index in [9.17, 15) is 18.0 Å². The third-order valence-corrected chi connectivity index (χ3v) is 6.09. The second-order valence-corrected chi connectivity index (χ2v) is 8.55. The Hall–Kier alpha value is -3.51. The van der Waals surface area contributed by atoms with Crippen molar-refractivity contribution < 1.29 is 41.7 Å². The van der Waals surface area contributed by atoms with Crippen molar-refractivity contribution in [2.45, 2.75) is 17.9 Å². The van der Waals surface area contributed by atoms with E-state index in [4.69, 9.17) is 23.7 Å². The van der Waals surface area contributed by atoms with Gasteiger partial charge in [0.15, 0.2) is 18.1 Å². The van der Waals surface area contributed by atoms with Crippen molar-refractivity contribution in [2.75, 3.05) is 41.6 Å². The molecule has 0 radical (unpaired) electrons. The van der Waals surface area contributed by atoms with E-state index in [1.165, 1.54) is 52.7 Å². The van der Waals surface area contributed by atoms with Crippen LogP contribution in [0.1, 0.15) is 12.0 Å². The van der Waals surface area contributed by atoms with Crippen LogP contribution in [0.2, 0.25) is 0 Å². The number of rotatable bonds is 13. The molecule has 0 unspecified atom stereocenters. The molecule has 0 atom stereocenters. The van der Waals surface area contributed by atoms with E-state index in [1.54, 1.807) is 12.1 Å². The van der Waals surface area contributed by atoms with Gasteiger partial charge in [0.25, 0.3) is 5.91 Å². The number of carbonyl (C=O) groups is 2. The summed E-state index contributed by atoms with van der Waals surface area (Å²) < 4.78 is 52.4. The molecular weight excluding hydrogens is 468 g/mol. The smallest absolute Gasteiger partial charge is 0.307 e. The molecule has 2 aromatic rings. The van der Waals surface area contributed by atoms with Gasteiger partial charge < -0.3 is 29.0 Å². The first-order valence-electron chi connectivity index (χ1n) is 10.1. The lowest BCUT2D eigenvalue weighted by Crippen LogP contribution is -2.30. The molecule has 2 aromatic carbocycles. The van der Waals surface area contributed by atoms with Crippen LogP contribution in [0.3, 0.4) is 0 Å². The zero-order valence-electron chi connectivity index (χ0n) is 19.4. The summed E-state index contributed by atoms with van der Waals surface area (Å²) in [6.07, 6.45) is -0.244. The van der Waals surface area contributed by atoms with Crippen molar-refractivity contribution in [3.8, 4) is 23.0 Å². The molecule has 0 aromatic heterocycles. The summed E-state index contributed by atoms with van der Waals surface area (Å²) in [7, 11) is 2.15. The summed E-state index contributed by atoms with van der Waals surface area (Å²) in [5.41, 5.74) is 0.632. The Labute approximate surface area is 198 Å². The second-order valence-electron chi connectivity index (χ2n) is 6.78. The van der Waals surface area contributed by atoms with Gasteiger partial charge in [0.1, 0.15) is 11.5 Å². The first kappa shape index (κ1) is 26.7. The number of sulfonamides is 1. The molecule has 2 N–H and O–H groups in total. The Morgan fingerprint density at radius 1 is 0.853 bits per heavy atom. The van der Waals surface area contributed by atoms with Crippen LogP contribution >= 0.6 is 0 Å². The molecule has 186 valence electrons. The summed E-state index contributed by atoms with van der Waals surface area (Å²) in [4.78, 5) is 24.0. The molecule has 2 rings (SSSR count). The molecule has 34 heavy (non-hydrogen) atoms. The predicted molar refractivity (Wildman–Crippen MR) is 122 cm³/mol. The largest absolute Gasteiger partial charge is 0.497 e. The number of methoxy groups -OCH3 is 4. The minimum Gasteiger partial charge on any atom is -0.497 e. The first-order valence-corrected chi connectivity index (χ1v) is 11.6. The molecular formula is C22H28N2O9S. The maximum atomic E-state index is 12.2. The van der Waals surface area contributed by atoms with Gasteiger partial charge in [-0.15, -0.1) is 0 Å². The van der Waals surface area contributed by atoms with Crippen molar-refractivity contribution in [1.82, 2.24) is 10.0 Å². The molecule has 0 saturated heterocycles. The van der Waals surface area contributed by atoms with Crippen LogP contribution in [-0.2, 0) is 30.9 Å². The van der Waals surface area contributed by atoms with Gasteiger partial charge in [0, 0.05) is 24.7 Å². The van der Waals surface area contributed by atoms with E-state index in [0.717, 1.165) is 0 Å². The number of carbonyl (C=O) groups excluding carboxylic acids is 2. The number of amides is 1. The highest BCUT2D eigenvalue weighted by molar-refractivity contribution is 7.89. The highest BCUT2D eigenvalue weighted by Gasteiger charge is 2.16. The summed E-state index contributed by atoms with van der Waals surface area (Å²) in [5, 5.41) is 2.61. The van der Waals surface area contributed by atoms with Crippen LogP contribution in [0.15, 0.2) is 41.3 Å². The number of nitrogens with one attached hydrogen (secondary N) is 2. The van der Waals surface area contributed by atoms with Crippen LogP contribution in [-0.4, -0.2) is 61.9 Å². The van der Waals surface area contributed by atoms with Crippen molar-refractivity contribution in [1.29, 1.82) is 0 Å². The highest BCUT2D eigenvalue weighted by atomic mass is 32.2. The predicted octanol–water partition coefficient (Wildman–Crippen LogP) is 1.25. The quantitative estimate of drug-likeness (QED) is 0.392. The zero-order chi connectivity index (χ0) is 25.1. The van der Waals surface area contributed by atoms with Gasteiger partial charge in [-0.05, 0) is 30.3 Å². The Kier molecular flexibility index (Phi) is 9.95. The van der Waals surface area contributed by atoms with Crippen LogP contribution < -0.4 is 29.0 Å². The van der Waals surface area contributed by atoms with Crippen molar-refractivity contribution >= 4 is 21.9 Å². The van der Waals surface area contributed by atoms with Gasteiger partial charge in [0.05, 0.1) is 39.8 Å². The standard InChI is InChI=1S/C22H28N2O9S/c1-29-16-5-7-17(8-6-16)34(27,28)24-10-9-22(26)33-14-21(25)23-13-15-11-19(31-3)20(32-4)12-18(15)30-2/h5-8,11-12,24H,9-10,13-14H2,1-4H3,(H,23,25). The van der Waals surface area contributed by atoms with E-state index in [2.05, 4.69) is 10.0 Å². The van der Waals surface area contributed by atoms with E-state index in [-0.39, 0.29) is 24.4 Å². The highest BCUT2D eigenvalue weighted by Crippen LogP contribution is 2.34. The van der Waals surface area contributed by atoms with Gasteiger partial charge in [-0.25, -0.2) is 13.1 Å². The van der Waals surface area contributed by atoms with Gasteiger partial charge in [-0.1, -0.05) is 0 Å². The van der Waals surface area contributed by atoms with Gasteiger partial charge in [0.2, 0.25) is 10.0 Å². The van der Waals surface area contributed by atoms with Crippen molar-refractivity contribution in [2.24, 2.45) is 0 Å². The SMILES string of the molecule is COc1ccc(S(=O)(=O)NCCC(=O)OCC(=O)NCc2cc(OC)c(OC)cc2OC)cc1. The maximum Gasteiger partial charge on any atom is 0.307 e. The summed E-state index contributed by atoms with van der Waals surface area (Å²) >= 11 is 0. The molecule has 12 heteroatoms. The average molecular weight is 497 g/mol. The average Bonchev–Trinajstić information content (AvgIpc) is 2.85. The van der Waals surface area contributed by atoms with Crippen LogP contribution in [0, 0.1) is 0 Å². The van der Waals surface area contributed by atoms with Crippen molar-refractivity contribution in [3.05, 3.63) is 42.0 Å². The van der Waals surface area contributed by atoms with E-state index in [0.29, 0.717) is 28.6 Å². The van der Waals surface area contributed by atoms with Crippen molar-refractivity contribution in [3.63, 3.8) is 0 Å². The normalized spacial score (nSPS) is 10.8. The monoisotopic (exact) mass is 496 g/mol. The molecule has 0 fully saturated rings. The topological polar surface area (TPSA) is 138 Å². The fourth-order valence-electron chi connectivity index (χ4n) is 2.82. The molecule has 0 aliphatic heterocycles. The fraction of sp³-hybridized carbons (Fsp3) is 0.364. The van der Waals surface area contributed by atoms with E-state index < -0.39 is 28.5 Å². The number of benzene rings is 2. The third-order valence-electron chi connectivity index (χ3n) is 4.62. The molecule has 0 aliphatic rings. The van der Waals surface area contributed by atoms with Crippen LogP contribution in [0.4, 0.5) is 0 Å². The molecule has 0 saturated carbocycles. The number of hydrogen-bond donors (Lipinski definition) is 2. The molecule has 11 nitrogen and oxygen atoms in total. The second kappa shape index (κ2) is 12.7. The molecule has 0 aliphatic carbocycles. The zero-order valence-corrected chi connectivity index (χ0v) is 20.2. The van der Waals surface area contributed by atoms with E-state index >= 15 is 0 Å². The van der Waals surface area contributed by atoms with Crippen LogP contribution in [0.5, 0.6) is 23.0 Å². The Bertz CT molecular complexity index is 1090. The summed E-state index contributed by atoms with van der Waals surface area (Å²) in [6, 6.07) is 9.10. The maximum absolute atomic E-state index is 12.2. The lowest BCUT2D eigenvalue weighted by atomic mass is 10.1. The third kappa shape index (κ3) is 7.52. The number of esters is 1. The van der Waals surface area contributed by atoms with Gasteiger partial charge in [-0.3, -0.25) is 9.59 Å². The first-order chi connectivity index (χ1) is 16.2. The molecule has 1 amide bonds. The lowest BCUT2D eigenvalue weighted by molar-refractivity contribution is -0.148. The number of hydrogen-bond acceptors (Lipinski definition) is 9. The molecule has 0 spiro atoms. The minimum absolute atomic E-state index is 0.0339. The summed E-state index contributed by atoms with van der Waals surface area (Å²) in [5.74, 6) is 0.687. The molecule has 0 heterocycles. The Balaban J connectivity index is 1.78. The minimum atomic E-state index is -3.79. The van der Waals surface area contributed by atoms with Gasteiger partial charge >= 0.3 is 5.97 Å². The fourth-order valence-corrected chi connectivity index (χ4v) is 3.85. The lowest BCUT2D eigenvalue weighted by Gasteiger charge is -2.14. The Morgan fingerprint density at radius 2 is 1.47 bits per heavy atom. The van der Waals surface area contributed by atoms with E-state index in [1.807, 2.05) is 0 Å². The number of ether oxygens (including phenoxy) is 5. The van der Waals surface area contributed by atoms with Gasteiger partial charge in [-0.2, -0.15) is 0 Å². The molecule has 0 bridgehead atoms. The van der Waals surface area contributed by atoms with Crippen LogP contribution in [0.25, 0.3) is 0 Å². The Morgan fingerprint density at radius 3 is 2.06 bits per heavy atom. The summed E-state index contributed by atoms with van der Waals surface area (Å²) in [6.45, 7) is -0.598.